The van der Waals surface area contributed by atoms with E-state index in [1.807, 2.05) is 0 Å². The molecule has 0 saturated carbocycles. The predicted molar refractivity (Wildman–Crippen MR) is 145 cm³/mol. The Morgan fingerprint density at radius 1 is 0.743 bits per heavy atom. The molecule has 35 heavy (non-hydrogen) atoms. The van der Waals surface area contributed by atoms with Gasteiger partial charge in [-0.3, -0.25) is 0 Å². The van der Waals surface area contributed by atoms with E-state index in [9.17, 15) is 0 Å². The first-order valence-corrected chi connectivity index (χ1v) is 12.5. The first-order valence-electron chi connectivity index (χ1n) is 12.5. The lowest BCUT2D eigenvalue weighted by molar-refractivity contribution is 0.301. The Hall–Kier alpha value is -3.85. The van der Waals surface area contributed by atoms with Gasteiger partial charge in [0.05, 0.1) is 17.6 Å². The van der Waals surface area contributed by atoms with Crippen LogP contribution in [-0.4, -0.2) is 16.2 Å². The highest BCUT2D eigenvalue weighted by Gasteiger charge is 2.11. The maximum absolute atomic E-state index is 6.05. The van der Waals surface area contributed by atoms with E-state index in [4.69, 9.17) is 9.72 Å². The number of hydrogen-bond donors (Lipinski definition) is 0. The average Bonchev–Trinajstić information content (AvgIpc) is 3.23. The van der Waals surface area contributed by atoms with Crippen LogP contribution >= 0.6 is 0 Å². The normalized spacial score (nSPS) is 11.1. The van der Waals surface area contributed by atoms with Gasteiger partial charge in [-0.1, -0.05) is 84.4 Å². The van der Waals surface area contributed by atoms with Crippen molar-refractivity contribution in [3.8, 4) is 16.9 Å². The molecule has 0 unspecified atom stereocenters. The van der Waals surface area contributed by atoms with Gasteiger partial charge in [0, 0.05) is 13.0 Å². The fraction of sp³-hybridized carbons (Fsp3) is 0.219. The van der Waals surface area contributed by atoms with E-state index in [1.54, 1.807) is 0 Å². The number of aromatic nitrogens is 2. The van der Waals surface area contributed by atoms with Crippen molar-refractivity contribution in [2.24, 2.45) is 0 Å². The molecule has 176 valence electrons. The molecule has 0 N–H and O–H groups in total. The number of para-hydroxylation sites is 2. The molecule has 0 saturated heterocycles. The van der Waals surface area contributed by atoms with Crippen molar-refractivity contribution in [3.63, 3.8) is 0 Å². The van der Waals surface area contributed by atoms with Crippen LogP contribution < -0.4 is 4.74 Å². The quantitative estimate of drug-likeness (QED) is 0.210. The van der Waals surface area contributed by atoms with Crippen LogP contribution in [0, 0.1) is 13.8 Å². The number of aryl methyl sites for hydroxylation is 3. The molecule has 1 aromatic heterocycles. The second kappa shape index (κ2) is 10.6. The smallest absolute Gasteiger partial charge is 0.122 e. The molecule has 0 radical (unpaired) electrons. The summed E-state index contributed by atoms with van der Waals surface area (Å²) in [5.74, 6) is 2.11. The summed E-state index contributed by atoms with van der Waals surface area (Å²) in [5.41, 5.74) is 8.50. The lowest BCUT2D eigenvalue weighted by Gasteiger charge is -2.12. The number of unbranched alkanes of at least 4 members (excludes halogenated alkanes) is 1. The fourth-order valence-electron chi connectivity index (χ4n) is 4.65. The van der Waals surface area contributed by atoms with E-state index in [0.29, 0.717) is 0 Å². The third-order valence-electron chi connectivity index (χ3n) is 6.52. The Balaban J connectivity index is 1.26. The molecule has 0 amide bonds. The molecule has 0 spiro atoms. The van der Waals surface area contributed by atoms with Crippen LogP contribution in [0.4, 0.5) is 0 Å². The highest BCUT2D eigenvalue weighted by atomic mass is 16.5. The van der Waals surface area contributed by atoms with Crippen molar-refractivity contribution in [2.75, 3.05) is 6.61 Å². The second-order valence-corrected chi connectivity index (χ2v) is 9.23. The van der Waals surface area contributed by atoms with Gasteiger partial charge in [0.25, 0.3) is 0 Å². The topological polar surface area (TPSA) is 27.1 Å². The lowest BCUT2D eigenvalue weighted by Crippen LogP contribution is -2.07. The van der Waals surface area contributed by atoms with Crippen LogP contribution in [0.1, 0.15) is 35.4 Å². The van der Waals surface area contributed by atoms with Crippen LogP contribution in [-0.2, 0) is 13.0 Å². The molecule has 0 atom stereocenters. The van der Waals surface area contributed by atoms with E-state index in [2.05, 4.69) is 115 Å². The summed E-state index contributed by atoms with van der Waals surface area (Å²) in [6.45, 7) is 5.89. The van der Waals surface area contributed by atoms with Crippen LogP contribution in [0.25, 0.3) is 22.2 Å². The number of fused-ring (bicyclic) bond motifs is 1. The van der Waals surface area contributed by atoms with E-state index >= 15 is 0 Å². The Labute approximate surface area is 208 Å². The van der Waals surface area contributed by atoms with Crippen LogP contribution in [0.5, 0.6) is 5.75 Å². The predicted octanol–water partition coefficient (Wildman–Crippen LogP) is 7.77. The molecule has 3 nitrogen and oxygen atoms in total. The summed E-state index contributed by atoms with van der Waals surface area (Å²) in [7, 11) is 0. The van der Waals surface area contributed by atoms with E-state index in [1.165, 1.54) is 33.3 Å². The third-order valence-corrected chi connectivity index (χ3v) is 6.52. The number of rotatable bonds is 9. The van der Waals surface area contributed by atoms with Crippen molar-refractivity contribution in [1.82, 2.24) is 9.55 Å². The number of imidazole rings is 1. The van der Waals surface area contributed by atoms with Crippen LogP contribution in [0.2, 0.25) is 0 Å². The summed E-state index contributed by atoms with van der Waals surface area (Å²) in [4.78, 5) is 4.99. The van der Waals surface area contributed by atoms with E-state index in [-0.39, 0.29) is 0 Å². The Morgan fingerprint density at radius 3 is 2.29 bits per heavy atom. The van der Waals surface area contributed by atoms with Gasteiger partial charge in [-0.15, -0.1) is 0 Å². The van der Waals surface area contributed by atoms with Crippen molar-refractivity contribution >= 4 is 11.0 Å². The van der Waals surface area contributed by atoms with Crippen molar-refractivity contribution in [1.29, 1.82) is 0 Å². The van der Waals surface area contributed by atoms with Gasteiger partial charge in [0.15, 0.2) is 0 Å². The number of nitrogens with zero attached hydrogens (tertiary/aromatic N) is 2. The van der Waals surface area contributed by atoms with Gasteiger partial charge in [0.1, 0.15) is 11.6 Å². The second-order valence-electron chi connectivity index (χ2n) is 9.23. The van der Waals surface area contributed by atoms with Crippen LogP contribution in [0.15, 0.2) is 97.1 Å². The number of hydrogen-bond acceptors (Lipinski definition) is 2. The van der Waals surface area contributed by atoms with E-state index in [0.717, 1.165) is 49.5 Å². The van der Waals surface area contributed by atoms with Gasteiger partial charge in [-0.2, -0.15) is 0 Å². The molecule has 5 aromatic rings. The molecule has 5 rings (SSSR count). The van der Waals surface area contributed by atoms with E-state index < -0.39 is 0 Å². The average molecular weight is 461 g/mol. The summed E-state index contributed by atoms with van der Waals surface area (Å²) in [5, 5.41) is 0. The van der Waals surface area contributed by atoms with Gasteiger partial charge >= 0.3 is 0 Å². The molecular weight excluding hydrogens is 428 g/mol. The van der Waals surface area contributed by atoms with Crippen molar-refractivity contribution in [3.05, 3.63) is 120 Å². The summed E-state index contributed by atoms with van der Waals surface area (Å²) >= 11 is 0. The van der Waals surface area contributed by atoms with Crippen molar-refractivity contribution in [2.45, 2.75) is 39.7 Å². The maximum Gasteiger partial charge on any atom is 0.122 e. The first-order chi connectivity index (χ1) is 17.2. The molecule has 0 aliphatic rings. The monoisotopic (exact) mass is 460 g/mol. The molecular formula is C32H32N2O. The number of ether oxygens (including phenoxy) is 1. The molecule has 0 aliphatic heterocycles. The Kier molecular flexibility index (Phi) is 6.94. The molecule has 4 aromatic carbocycles. The summed E-state index contributed by atoms with van der Waals surface area (Å²) < 4.78 is 8.43. The molecule has 0 aliphatic carbocycles. The highest BCUT2D eigenvalue weighted by molar-refractivity contribution is 5.76. The number of benzene rings is 4. The summed E-state index contributed by atoms with van der Waals surface area (Å²) in [6, 6.07) is 34.2. The molecule has 3 heteroatoms. The first kappa shape index (κ1) is 22.9. The van der Waals surface area contributed by atoms with Crippen LogP contribution in [0.3, 0.4) is 0 Å². The molecule has 0 bridgehead atoms. The Morgan fingerprint density at radius 2 is 1.49 bits per heavy atom. The minimum Gasteiger partial charge on any atom is -0.493 e. The third kappa shape index (κ3) is 5.46. The van der Waals surface area contributed by atoms with Gasteiger partial charge in [-0.25, -0.2) is 4.98 Å². The largest absolute Gasteiger partial charge is 0.493 e. The maximum atomic E-state index is 6.05. The minimum atomic E-state index is 0.729. The lowest BCUT2D eigenvalue weighted by atomic mass is 10.0. The standard InChI is InChI=1S/C32H32N2O/c1-24-14-19-31(25(2)22-24)35-21-9-8-20-34-30-13-7-6-12-29(30)33-32(34)23-26-15-17-28(18-16-26)27-10-4-3-5-11-27/h3-7,10-19,22H,8-9,20-21,23H2,1-2H3. The SMILES string of the molecule is Cc1ccc(OCCCCn2c(Cc3ccc(-c4ccccc4)cc3)nc3ccccc32)c(C)c1. The molecule has 0 fully saturated rings. The highest BCUT2D eigenvalue weighted by Crippen LogP contribution is 2.23. The van der Waals surface area contributed by atoms with Crippen molar-refractivity contribution < 1.29 is 4.74 Å². The van der Waals surface area contributed by atoms with Gasteiger partial charge in [0.2, 0.25) is 0 Å². The summed E-state index contributed by atoms with van der Waals surface area (Å²) in [6.07, 6.45) is 2.87. The zero-order valence-electron chi connectivity index (χ0n) is 20.6. The zero-order chi connectivity index (χ0) is 24.0. The van der Waals surface area contributed by atoms with Gasteiger partial charge < -0.3 is 9.30 Å². The minimum absolute atomic E-state index is 0.729. The van der Waals surface area contributed by atoms with Gasteiger partial charge in [-0.05, 0) is 67.1 Å². The Bertz CT molecular complexity index is 1400. The zero-order valence-corrected chi connectivity index (χ0v) is 20.6. The fourth-order valence-corrected chi connectivity index (χ4v) is 4.65. The molecule has 1 heterocycles.